The average molecular weight is 328 g/mol. The van der Waals surface area contributed by atoms with Gasteiger partial charge in [-0.3, -0.25) is 9.59 Å². The first-order chi connectivity index (χ1) is 10.8. The van der Waals surface area contributed by atoms with Crippen molar-refractivity contribution in [1.29, 1.82) is 0 Å². The molecule has 1 aliphatic heterocycles. The minimum Gasteiger partial charge on any atom is -0.347 e. The Morgan fingerprint density at radius 3 is 2.39 bits per heavy atom. The quantitative estimate of drug-likeness (QED) is 0.927. The molecule has 4 nitrogen and oxygen atoms in total. The van der Waals surface area contributed by atoms with Crippen LogP contribution < -0.4 is 5.32 Å². The summed E-state index contributed by atoms with van der Waals surface area (Å²) in [6, 6.07) is 7.24. The van der Waals surface area contributed by atoms with Crippen LogP contribution in [0.5, 0.6) is 0 Å². The summed E-state index contributed by atoms with van der Waals surface area (Å²) in [5, 5.41) is 1.91. The average Bonchev–Trinajstić information content (AvgIpc) is 2.52. The van der Waals surface area contributed by atoms with Crippen LogP contribution in [0.1, 0.15) is 28.8 Å². The van der Waals surface area contributed by atoms with Gasteiger partial charge in [-0.05, 0) is 31.4 Å². The Morgan fingerprint density at radius 2 is 1.83 bits per heavy atom. The van der Waals surface area contributed by atoms with Crippen LogP contribution in [0.15, 0.2) is 24.3 Å². The highest BCUT2D eigenvalue weighted by atomic mass is 19.4. The summed E-state index contributed by atoms with van der Waals surface area (Å²) in [5.74, 6) is -1.17. The molecule has 2 amide bonds. The third kappa shape index (κ3) is 4.71. The summed E-state index contributed by atoms with van der Waals surface area (Å²) in [4.78, 5) is 25.8. The van der Waals surface area contributed by atoms with Crippen molar-refractivity contribution in [3.63, 3.8) is 0 Å². The van der Waals surface area contributed by atoms with Gasteiger partial charge in [0.05, 0.1) is 0 Å². The first kappa shape index (κ1) is 17.3. The fraction of sp³-hybridized carbons (Fsp3) is 0.500. The van der Waals surface area contributed by atoms with E-state index in [-0.39, 0.29) is 5.91 Å². The van der Waals surface area contributed by atoms with E-state index in [0.717, 1.165) is 5.56 Å². The van der Waals surface area contributed by atoms with Gasteiger partial charge >= 0.3 is 6.18 Å². The van der Waals surface area contributed by atoms with Crippen molar-refractivity contribution in [2.24, 2.45) is 5.92 Å². The van der Waals surface area contributed by atoms with E-state index < -0.39 is 24.5 Å². The molecule has 7 heteroatoms. The van der Waals surface area contributed by atoms with Crippen molar-refractivity contribution in [3.05, 3.63) is 35.4 Å². The second kappa shape index (κ2) is 7.02. The number of aryl methyl sites for hydroxylation is 1. The van der Waals surface area contributed by atoms with E-state index in [2.05, 4.69) is 0 Å². The van der Waals surface area contributed by atoms with E-state index in [1.165, 1.54) is 0 Å². The molecule has 1 aromatic rings. The van der Waals surface area contributed by atoms with E-state index in [4.69, 9.17) is 0 Å². The second-order valence-electron chi connectivity index (χ2n) is 5.71. The van der Waals surface area contributed by atoms with E-state index >= 15 is 0 Å². The largest absolute Gasteiger partial charge is 0.405 e. The molecule has 1 aliphatic rings. The molecule has 0 unspecified atom stereocenters. The van der Waals surface area contributed by atoms with Crippen molar-refractivity contribution in [1.82, 2.24) is 10.2 Å². The number of carbonyl (C=O) groups is 2. The first-order valence-electron chi connectivity index (χ1n) is 7.47. The minimum absolute atomic E-state index is 0.0998. The molecular weight excluding hydrogens is 309 g/mol. The topological polar surface area (TPSA) is 49.4 Å². The Kier molecular flexibility index (Phi) is 5.28. The van der Waals surface area contributed by atoms with Crippen molar-refractivity contribution < 1.29 is 22.8 Å². The van der Waals surface area contributed by atoms with Gasteiger partial charge in [-0.15, -0.1) is 0 Å². The second-order valence-corrected chi connectivity index (χ2v) is 5.71. The first-order valence-corrected chi connectivity index (χ1v) is 7.47. The van der Waals surface area contributed by atoms with Crippen molar-refractivity contribution in [2.75, 3.05) is 19.6 Å². The number of hydrogen-bond donors (Lipinski definition) is 1. The molecule has 0 atom stereocenters. The zero-order chi connectivity index (χ0) is 17.0. The smallest absolute Gasteiger partial charge is 0.347 e. The van der Waals surface area contributed by atoms with Crippen LogP contribution in [-0.4, -0.2) is 42.5 Å². The van der Waals surface area contributed by atoms with Crippen LogP contribution in [-0.2, 0) is 4.79 Å². The van der Waals surface area contributed by atoms with E-state index in [1.807, 2.05) is 24.4 Å². The standard InChI is InChI=1S/C16H19F3N2O2/c1-11-4-2-3-5-13(11)15(23)21-8-6-12(7-9-21)14(22)20-10-16(17,18)19/h2-5,12H,6-10H2,1H3,(H,20,22). The SMILES string of the molecule is Cc1ccccc1C(=O)N1CCC(C(=O)NCC(F)(F)F)CC1. The van der Waals surface area contributed by atoms with E-state index in [9.17, 15) is 22.8 Å². The Hall–Kier alpha value is -2.05. The summed E-state index contributed by atoms with van der Waals surface area (Å²) in [6.07, 6.45) is -3.65. The maximum Gasteiger partial charge on any atom is 0.405 e. The Bertz CT molecular complexity index is 579. The monoisotopic (exact) mass is 328 g/mol. The molecule has 126 valence electrons. The normalized spacial score (nSPS) is 16.3. The third-order valence-corrected chi connectivity index (χ3v) is 3.99. The van der Waals surface area contributed by atoms with Gasteiger partial charge in [-0.1, -0.05) is 18.2 Å². The van der Waals surface area contributed by atoms with Crippen molar-refractivity contribution in [3.8, 4) is 0 Å². The number of halogens is 3. The molecule has 0 radical (unpaired) electrons. The number of piperidine rings is 1. The molecule has 1 fully saturated rings. The highest BCUT2D eigenvalue weighted by Gasteiger charge is 2.32. The van der Waals surface area contributed by atoms with Gasteiger partial charge in [-0.25, -0.2) is 0 Å². The highest BCUT2D eigenvalue weighted by molar-refractivity contribution is 5.95. The summed E-state index contributed by atoms with van der Waals surface area (Å²) in [7, 11) is 0. The van der Waals surface area contributed by atoms with Crippen LogP contribution in [0.3, 0.4) is 0 Å². The molecule has 23 heavy (non-hydrogen) atoms. The summed E-state index contributed by atoms with van der Waals surface area (Å²) < 4.78 is 36.3. The molecule has 0 bridgehead atoms. The number of carbonyl (C=O) groups excluding carboxylic acids is 2. The predicted octanol–water partition coefficient (Wildman–Crippen LogP) is 2.53. The Balaban J connectivity index is 1.87. The number of hydrogen-bond acceptors (Lipinski definition) is 2. The lowest BCUT2D eigenvalue weighted by Crippen LogP contribution is -2.44. The summed E-state index contributed by atoms with van der Waals surface area (Å²) in [6.45, 7) is 1.29. The van der Waals surface area contributed by atoms with Gasteiger partial charge in [0, 0.05) is 24.6 Å². The van der Waals surface area contributed by atoms with Crippen LogP contribution in [0.4, 0.5) is 13.2 Å². The molecule has 1 aromatic carbocycles. The molecule has 2 rings (SSSR count). The van der Waals surface area contributed by atoms with E-state index in [1.54, 1.807) is 17.0 Å². The zero-order valence-corrected chi connectivity index (χ0v) is 12.8. The summed E-state index contributed by atoms with van der Waals surface area (Å²) in [5.41, 5.74) is 1.50. The van der Waals surface area contributed by atoms with Crippen molar-refractivity contribution >= 4 is 11.8 Å². The number of rotatable bonds is 3. The fourth-order valence-corrected chi connectivity index (χ4v) is 2.66. The minimum atomic E-state index is -4.41. The Labute approximate surface area is 132 Å². The molecule has 0 saturated carbocycles. The number of likely N-dealkylation sites (tertiary alicyclic amines) is 1. The lowest BCUT2D eigenvalue weighted by atomic mass is 9.95. The lowest BCUT2D eigenvalue weighted by Gasteiger charge is -2.31. The van der Waals surface area contributed by atoms with Crippen LogP contribution in [0, 0.1) is 12.8 Å². The zero-order valence-electron chi connectivity index (χ0n) is 12.8. The third-order valence-electron chi connectivity index (χ3n) is 3.99. The molecule has 0 aliphatic carbocycles. The number of benzene rings is 1. The number of nitrogens with one attached hydrogen (secondary N) is 1. The predicted molar refractivity (Wildman–Crippen MR) is 78.9 cm³/mol. The van der Waals surface area contributed by atoms with Crippen LogP contribution >= 0.6 is 0 Å². The number of alkyl halides is 3. The molecule has 0 aromatic heterocycles. The van der Waals surface area contributed by atoms with Gasteiger partial charge in [0.1, 0.15) is 6.54 Å². The van der Waals surface area contributed by atoms with Gasteiger partial charge in [0.25, 0.3) is 5.91 Å². The number of amides is 2. The number of nitrogens with zero attached hydrogens (tertiary/aromatic N) is 1. The molecular formula is C16H19F3N2O2. The summed E-state index contributed by atoms with van der Waals surface area (Å²) >= 11 is 0. The van der Waals surface area contributed by atoms with Crippen LogP contribution in [0.25, 0.3) is 0 Å². The molecule has 1 heterocycles. The highest BCUT2D eigenvalue weighted by Crippen LogP contribution is 2.21. The Morgan fingerprint density at radius 1 is 1.22 bits per heavy atom. The maximum atomic E-state index is 12.4. The fourth-order valence-electron chi connectivity index (χ4n) is 2.66. The van der Waals surface area contributed by atoms with Gasteiger partial charge in [-0.2, -0.15) is 13.2 Å². The molecule has 1 saturated heterocycles. The van der Waals surface area contributed by atoms with E-state index in [0.29, 0.717) is 31.5 Å². The lowest BCUT2D eigenvalue weighted by molar-refractivity contribution is -0.141. The van der Waals surface area contributed by atoms with Crippen molar-refractivity contribution in [2.45, 2.75) is 25.9 Å². The molecule has 0 spiro atoms. The van der Waals surface area contributed by atoms with Crippen LogP contribution in [0.2, 0.25) is 0 Å². The van der Waals surface area contributed by atoms with Gasteiger partial charge in [0.2, 0.25) is 5.91 Å². The molecule has 1 N–H and O–H groups in total. The maximum absolute atomic E-state index is 12.4. The van der Waals surface area contributed by atoms with Gasteiger partial charge in [0.15, 0.2) is 0 Å². The van der Waals surface area contributed by atoms with Gasteiger partial charge < -0.3 is 10.2 Å².